The number of alkyl halides is 2. The van der Waals surface area contributed by atoms with Crippen LogP contribution in [0.1, 0.15) is 18.5 Å². The molecule has 1 aromatic rings. The minimum Gasteiger partial charge on any atom is -0.435 e. The van der Waals surface area contributed by atoms with Crippen LogP contribution in [-0.2, 0) is 9.47 Å². The van der Waals surface area contributed by atoms with Gasteiger partial charge in [-0.05, 0) is 24.6 Å². The van der Waals surface area contributed by atoms with Gasteiger partial charge in [-0.3, -0.25) is 0 Å². The van der Waals surface area contributed by atoms with Gasteiger partial charge in [0.05, 0.1) is 19.8 Å². The van der Waals surface area contributed by atoms with Crippen LogP contribution in [0.4, 0.5) is 8.78 Å². The van der Waals surface area contributed by atoms with Gasteiger partial charge >= 0.3 is 6.61 Å². The van der Waals surface area contributed by atoms with E-state index >= 15 is 0 Å². The van der Waals surface area contributed by atoms with E-state index < -0.39 is 6.61 Å². The number of halogens is 2. The number of methoxy groups -OCH3 is 1. The Hall–Kier alpha value is -1.24. The Labute approximate surface area is 118 Å². The van der Waals surface area contributed by atoms with Crippen molar-refractivity contribution in [2.24, 2.45) is 0 Å². The van der Waals surface area contributed by atoms with E-state index in [9.17, 15) is 8.78 Å². The Morgan fingerprint density at radius 1 is 1.20 bits per heavy atom. The van der Waals surface area contributed by atoms with E-state index in [2.05, 4.69) is 10.1 Å². The SMILES string of the molecule is COCCOCCNC(C)c1cccc(OC(F)F)c1. The summed E-state index contributed by atoms with van der Waals surface area (Å²) in [5.74, 6) is 0.169. The van der Waals surface area contributed by atoms with Crippen LogP contribution in [-0.4, -0.2) is 40.1 Å². The fourth-order valence-electron chi connectivity index (χ4n) is 1.67. The molecule has 0 fully saturated rings. The van der Waals surface area contributed by atoms with E-state index in [0.29, 0.717) is 26.4 Å². The van der Waals surface area contributed by atoms with Gasteiger partial charge in [-0.25, -0.2) is 0 Å². The first-order valence-corrected chi connectivity index (χ1v) is 6.48. The smallest absolute Gasteiger partial charge is 0.387 e. The molecule has 20 heavy (non-hydrogen) atoms. The molecule has 114 valence electrons. The summed E-state index contributed by atoms with van der Waals surface area (Å²) >= 11 is 0. The molecule has 1 aromatic carbocycles. The monoisotopic (exact) mass is 289 g/mol. The molecule has 0 spiro atoms. The molecule has 0 bridgehead atoms. The van der Waals surface area contributed by atoms with Crippen molar-refractivity contribution in [3.8, 4) is 5.75 Å². The fraction of sp³-hybridized carbons (Fsp3) is 0.571. The Kier molecular flexibility index (Phi) is 8.10. The molecule has 4 nitrogen and oxygen atoms in total. The Bertz CT molecular complexity index is 377. The second-order valence-electron chi connectivity index (χ2n) is 4.23. The largest absolute Gasteiger partial charge is 0.435 e. The highest BCUT2D eigenvalue weighted by Crippen LogP contribution is 2.20. The second-order valence-corrected chi connectivity index (χ2v) is 4.23. The minimum atomic E-state index is -2.80. The standard InChI is InChI=1S/C14H21F2NO3/c1-11(17-6-7-19-9-8-18-2)12-4-3-5-13(10-12)20-14(15)16/h3-5,10-11,14,17H,6-9H2,1-2H3. The number of rotatable bonds is 10. The highest BCUT2D eigenvalue weighted by molar-refractivity contribution is 5.30. The number of hydrogen-bond acceptors (Lipinski definition) is 4. The molecule has 1 N–H and O–H groups in total. The summed E-state index contributed by atoms with van der Waals surface area (Å²) < 4.78 is 38.8. The van der Waals surface area contributed by atoms with Gasteiger partial charge in [-0.1, -0.05) is 12.1 Å². The molecule has 0 aliphatic heterocycles. The van der Waals surface area contributed by atoms with Crippen molar-refractivity contribution in [1.82, 2.24) is 5.32 Å². The summed E-state index contributed by atoms with van der Waals surface area (Å²) in [4.78, 5) is 0. The van der Waals surface area contributed by atoms with E-state index in [0.717, 1.165) is 5.56 Å². The summed E-state index contributed by atoms with van der Waals surface area (Å²) in [5.41, 5.74) is 0.889. The van der Waals surface area contributed by atoms with Crippen LogP contribution in [0.2, 0.25) is 0 Å². The lowest BCUT2D eigenvalue weighted by Gasteiger charge is -2.15. The summed E-state index contributed by atoms with van der Waals surface area (Å²) in [6, 6.07) is 6.70. The quantitative estimate of drug-likeness (QED) is 0.672. The van der Waals surface area contributed by atoms with Gasteiger partial charge in [-0.2, -0.15) is 8.78 Å². The normalized spacial score (nSPS) is 12.7. The number of ether oxygens (including phenoxy) is 3. The summed E-state index contributed by atoms with van der Waals surface area (Å²) in [6.45, 7) is 1.53. The third-order valence-corrected chi connectivity index (χ3v) is 2.71. The van der Waals surface area contributed by atoms with E-state index in [1.54, 1.807) is 19.2 Å². The maximum absolute atomic E-state index is 12.1. The summed E-state index contributed by atoms with van der Waals surface area (Å²) in [6.07, 6.45) is 0. The molecular weight excluding hydrogens is 268 g/mol. The van der Waals surface area contributed by atoms with Crippen molar-refractivity contribution < 1.29 is 23.0 Å². The maximum Gasteiger partial charge on any atom is 0.387 e. The van der Waals surface area contributed by atoms with Gasteiger partial charge in [0.1, 0.15) is 5.75 Å². The molecule has 0 aromatic heterocycles. The lowest BCUT2D eigenvalue weighted by atomic mass is 10.1. The topological polar surface area (TPSA) is 39.7 Å². The average Bonchev–Trinajstić information content (AvgIpc) is 2.42. The van der Waals surface area contributed by atoms with Crippen LogP contribution in [0.3, 0.4) is 0 Å². The maximum atomic E-state index is 12.1. The molecule has 0 saturated heterocycles. The van der Waals surface area contributed by atoms with E-state index in [1.165, 1.54) is 6.07 Å². The molecule has 0 saturated carbocycles. The highest BCUT2D eigenvalue weighted by Gasteiger charge is 2.08. The van der Waals surface area contributed by atoms with Crippen molar-refractivity contribution in [2.45, 2.75) is 19.6 Å². The van der Waals surface area contributed by atoms with Crippen molar-refractivity contribution in [2.75, 3.05) is 33.5 Å². The molecule has 0 heterocycles. The first kappa shape index (κ1) is 16.8. The zero-order valence-corrected chi connectivity index (χ0v) is 11.8. The minimum absolute atomic E-state index is 0.0299. The van der Waals surface area contributed by atoms with Crippen molar-refractivity contribution in [3.63, 3.8) is 0 Å². The van der Waals surface area contributed by atoms with E-state index in [1.807, 2.05) is 13.0 Å². The third-order valence-electron chi connectivity index (χ3n) is 2.71. The van der Waals surface area contributed by atoms with Gasteiger partial charge in [0, 0.05) is 19.7 Å². The van der Waals surface area contributed by atoms with Gasteiger partial charge < -0.3 is 19.5 Å². The predicted molar refractivity (Wildman–Crippen MR) is 72.2 cm³/mol. The molecular formula is C14H21F2NO3. The van der Waals surface area contributed by atoms with Crippen LogP contribution in [0, 0.1) is 0 Å². The first-order chi connectivity index (χ1) is 9.63. The first-order valence-electron chi connectivity index (χ1n) is 6.48. The van der Waals surface area contributed by atoms with Crippen LogP contribution >= 0.6 is 0 Å². The van der Waals surface area contributed by atoms with Crippen LogP contribution < -0.4 is 10.1 Å². The highest BCUT2D eigenvalue weighted by atomic mass is 19.3. The Balaban J connectivity index is 2.33. The molecule has 0 radical (unpaired) electrons. The van der Waals surface area contributed by atoms with Gasteiger partial charge in [0.25, 0.3) is 0 Å². The fourth-order valence-corrected chi connectivity index (χ4v) is 1.67. The zero-order chi connectivity index (χ0) is 14.8. The lowest BCUT2D eigenvalue weighted by molar-refractivity contribution is -0.0499. The lowest BCUT2D eigenvalue weighted by Crippen LogP contribution is -2.23. The van der Waals surface area contributed by atoms with Gasteiger partial charge in [-0.15, -0.1) is 0 Å². The van der Waals surface area contributed by atoms with Crippen molar-refractivity contribution in [3.05, 3.63) is 29.8 Å². The molecule has 1 rings (SSSR count). The second kappa shape index (κ2) is 9.63. The predicted octanol–water partition coefficient (Wildman–Crippen LogP) is 2.60. The van der Waals surface area contributed by atoms with Crippen molar-refractivity contribution in [1.29, 1.82) is 0 Å². The molecule has 0 aliphatic carbocycles. The van der Waals surface area contributed by atoms with Gasteiger partial charge in [0.2, 0.25) is 0 Å². The Morgan fingerprint density at radius 3 is 2.70 bits per heavy atom. The van der Waals surface area contributed by atoms with E-state index in [-0.39, 0.29) is 11.8 Å². The number of nitrogens with one attached hydrogen (secondary N) is 1. The molecule has 6 heteroatoms. The van der Waals surface area contributed by atoms with Crippen LogP contribution in [0.15, 0.2) is 24.3 Å². The molecule has 0 aliphatic rings. The number of hydrogen-bond donors (Lipinski definition) is 1. The number of benzene rings is 1. The van der Waals surface area contributed by atoms with Crippen LogP contribution in [0.5, 0.6) is 5.75 Å². The Morgan fingerprint density at radius 2 is 2.00 bits per heavy atom. The van der Waals surface area contributed by atoms with Crippen LogP contribution in [0.25, 0.3) is 0 Å². The molecule has 0 amide bonds. The third kappa shape index (κ3) is 6.79. The summed E-state index contributed by atoms with van der Waals surface area (Å²) in [7, 11) is 1.62. The average molecular weight is 289 g/mol. The summed E-state index contributed by atoms with van der Waals surface area (Å²) in [5, 5.41) is 3.25. The molecule has 1 atom stereocenters. The zero-order valence-electron chi connectivity index (χ0n) is 11.8. The van der Waals surface area contributed by atoms with Crippen molar-refractivity contribution >= 4 is 0 Å². The van der Waals surface area contributed by atoms with Gasteiger partial charge in [0.15, 0.2) is 0 Å². The van der Waals surface area contributed by atoms with E-state index in [4.69, 9.17) is 9.47 Å². The molecule has 1 unspecified atom stereocenters.